The summed E-state index contributed by atoms with van der Waals surface area (Å²) in [5.74, 6) is 0.536. The molecule has 2 aromatic rings. The van der Waals surface area contributed by atoms with Crippen LogP contribution in [0.25, 0.3) is 0 Å². The van der Waals surface area contributed by atoms with E-state index in [2.05, 4.69) is 44.5 Å². The fourth-order valence-electron chi connectivity index (χ4n) is 3.64. The highest BCUT2D eigenvalue weighted by molar-refractivity contribution is 5.93. The number of anilines is 3. The maximum Gasteiger partial charge on any atom is 0.256 e. The van der Waals surface area contributed by atoms with Crippen LogP contribution in [0, 0.1) is 0 Å². The van der Waals surface area contributed by atoms with E-state index >= 15 is 0 Å². The first-order chi connectivity index (χ1) is 12.8. The Balaban J connectivity index is 1.38. The van der Waals surface area contributed by atoms with Crippen molar-refractivity contribution in [2.75, 3.05) is 36.4 Å². The monoisotopic (exact) mass is 351 g/mol. The van der Waals surface area contributed by atoms with Crippen LogP contribution in [0.4, 0.5) is 17.3 Å². The van der Waals surface area contributed by atoms with Crippen molar-refractivity contribution in [1.82, 2.24) is 14.9 Å². The van der Waals surface area contributed by atoms with E-state index in [-0.39, 0.29) is 5.91 Å². The molecule has 2 saturated heterocycles. The van der Waals surface area contributed by atoms with Crippen LogP contribution in [0.5, 0.6) is 0 Å². The number of nitrogens with zero attached hydrogens (tertiary/aromatic N) is 4. The number of hydrogen-bond acceptors (Lipinski definition) is 5. The largest absolute Gasteiger partial charge is 0.372 e. The lowest BCUT2D eigenvalue weighted by Crippen LogP contribution is -2.29. The third-order valence-corrected chi connectivity index (χ3v) is 5.14. The fourth-order valence-corrected chi connectivity index (χ4v) is 3.64. The molecule has 0 atom stereocenters. The number of benzene rings is 1. The van der Waals surface area contributed by atoms with Gasteiger partial charge in [-0.1, -0.05) is 0 Å². The van der Waals surface area contributed by atoms with Crippen molar-refractivity contribution in [2.24, 2.45) is 0 Å². The standard InChI is InChI=1S/C20H25N5O/c26-19(25-12-4-5-13-25)16-14-21-20(22-15-16)23-17-6-8-18(9-7-17)24-10-2-1-3-11-24/h6-9,14-15H,1-5,10-13H2,(H,21,22,23). The molecule has 0 bridgehead atoms. The molecule has 1 amide bonds. The van der Waals surface area contributed by atoms with Gasteiger partial charge in [0, 0.05) is 49.9 Å². The van der Waals surface area contributed by atoms with E-state index in [1.54, 1.807) is 12.4 Å². The molecule has 1 N–H and O–H groups in total. The highest BCUT2D eigenvalue weighted by atomic mass is 16.2. The van der Waals surface area contributed by atoms with Gasteiger partial charge >= 0.3 is 0 Å². The Hall–Kier alpha value is -2.63. The van der Waals surface area contributed by atoms with Gasteiger partial charge in [0.1, 0.15) is 0 Å². The number of hydrogen-bond donors (Lipinski definition) is 1. The molecule has 6 nitrogen and oxygen atoms in total. The van der Waals surface area contributed by atoms with Crippen molar-refractivity contribution in [3.8, 4) is 0 Å². The number of aromatic nitrogens is 2. The van der Waals surface area contributed by atoms with E-state index in [0.29, 0.717) is 11.5 Å². The molecular weight excluding hydrogens is 326 g/mol. The van der Waals surface area contributed by atoms with Gasteiger partial charge in [-0.3, -0.25) is 4.79 Å². The van der Waals surface area contributed by atoms with Crippen LogP contribution < -0.4 is 10.2 Å². The number of likely N-dealkylation sites (tertiary alicyclic amines) is 1. The van der Waals surface area contributed by atoms with Crippen molar-refractivity contribution < 1.29 is 4.79 Å². The summed E-state index contributed by atoms with van der Waals surface area (Å²) in [5.41, 5.74) is 2.77. The average molecular weight is 351 g/mol. The third kappa shape index (κ3) is 3.79. The molecule has 26 heavy (non-hydrogen) atoms. The van der Waals surface area contributed by atoms with Gasteiger partial charge in [-0.15, -0.1) is 0 Å². The minimum atomic E-state index is 0.0277. The van der Waals surface area contributed by atoms with Crippen molar-refractivity contribution in [3.63, 3.8) is 0 Å². The molecular formula is C20H25N5O. The lowest BCUT2D eigenvalue weighted by Gasteiger charge is -2.28. The summed E-state index contributed by atoms with van der Waals surface area (Å²) >= 11 is 0. The van der Waals surface area contributed by atoms with Crippen molar-refractivity contribution in [2.45, 2.75) is 32.1 Å². The van der Waals surface area contributed by atoms with Gasteiger partial charge in [-0.05, 0) is 56.4 Å². The molecule has 0 saturated carbocycles. The molecule has 0 spiro atoms. The molecule has 2 aliphatic rings. The highest BCUT2D eigenvalue weighted by Crippen LogP contribution is 2.23. The van der Waals surface area contributed by atoms with Gasteiger partial charge in [-0.25, -0.2) is 9.97 Å². The van der Waals surface area contributed by atoms with Gasteiger partial charge in [-0.2, -0.15) is 0 Å². The van der Waals surface area contributed by atoms with Crippen molar-refractivity contribution >= 4 is 23.2 Å². The van der Waals surface area contributed by atoms with E-state index in [0.717, 1.165) is 44.7 Å². The Labute approximate surface area is 154 Å². The van der Waals surface area contributed by atoms with Crippen LogP contribution in [0.1, 0.15) is 42.5 Å². The second-order valence-electron chi connectivity index (χ2n) is 7.01. The first-order valence-corrected chi connectivity index (χ1v) is 9.53. The Bertz CT molecular complexity index is 732. The smallest absolute Gasteiger partial charge is 0.256 e. The topological polar surface area (TPSA) is 61.4 Å². The second-order valence-corrected chi connectivity index (χ2v) is 7.01. The zero-order valence-electron chi connectivity index (χ0n) is 15.0. The lowest BCUT2D eigenvalue weighted by molar-refractivity contribution is 0.0792. The second kappa shape index (κ2) is 7.72. The zero-order chi connectivity index (χ0) is 17.8. The predicted octanol–water partition coefficient (Wildman–Crippen LogP) is 3.45. The molecule has 6 heteroatoms. The molecule has 0 radical (unpaired) electrons. The third-order valence-electron chi connectivity index (χ3n) is 5.14. The summed E-state index contributed by atoms with van der Waals surface area (Å²) in [5, 5.41) is 3.20. The number of nitrogens with one attached hydrogen (secondary N) is 1. The SMILES string of the molecule is O=C(c1cnc(Nc2ccc(N3CCCCC3)cc2)nc1)N1CCCC1. The van der Waals surface area contributed by atoms with Gasteiger partial charge < -0.3 is 15.1 Å². The first-order valence-electron chi connectivity index (χ1n) is 9.53. The van der Waals surface area contributed by atoms with Gasteiger partial charge in [0.2, 0.25) is 5.95 Å². The van der Waals surface area contributed by atoms with E-state index in [1.807, 2.05) is 4.90 Å². The van der Waals surface area contributed by atoms with E-state index in [9.17, 15) is 4.79 Å². The molecule has 2 aliphatic heterocycles. The van der Waals surface area contributed by atoms with E-state index in [4.69, 9.17) is 0 Å². The number of piperidine rings is 1. The van der Waals surface area contributed by atoms with Crippen LogP contribution in [-0.4, -0.2) is 47.0 Å². The summed E-state index contributed by atoms with van der Waals surface area (Å²) in [6, 6.07) is 8.38. The maximum atomic E-state index is 12.3. The van der Waals surface area contributed by atoms with Crippen LogP contribution in [0.2, 0.25) is 0 Å². The molecule has 4 rings (SSSR count). The average Bonchev–Trinajstić information content (AvgIpc) is 3.24. The molecule has 0 aliphatic carbocycles. The molecule has 1 aromatic heterocycles. The summed E-state index contributed by atoms with van der Waals surface area (Å²) in [6.07, 6.45) is 9.27. The highest BCUT2D eigenvalue weighted by Gasteiger charge is 2.20. The molecule has 0 unspecified atom stereocenters. The summed E-state index contributed by atoms with van der Waals surface area (Å²) in [6.45, 7) is 3.95. The molecule has 2 fully saturated rings. The van der Waals surface area contributed by atoms with Crippen molar-refractivity contribution in [3.05, 3.63) is 42.2 Å². The number of carbonyl (C=O) groups is 1. The minimum Gasteiger partial charge on any atom is -0.372 e. The summed E-state index contributed by atoms with van der Waals surface area (Å²) < 4.78 is 0. The number of carbonyl (C=O) groups excluding carboxylic acids is 1. The van der Waals surface area contributed by atoms with Crippen LogP contribution in [0.15, 0.2) is 36.7 Å². The normalized spacial score (nSPS) is 17.4. The van der Waals surface area contributed by atoms with Gasteiger partial charge in [0.15, 0.2) is 0 Å². The van der Waals surface area contributed by atoms with Crippen LogP contribution >= 0.6 is 0 Å². The fraction of sp³-hybridized carbons (Fsp3) is 0.450. The minimum absolute atomic E-state index is 0.0277. The quantitative estimate of drug-likeness (QED) is 0.914. The summed E-state index contributed by atoms with van der Waals surface area (Å²) in [4.78, 5) is 25.2. The number of rotatable bonds is 4. The summed E-state index contributed by atoms with van der Waals surface area (Å²) in [7, 11) is 0. The lowest BCUT2D eigenvalue weighted by atomic mass is 10.1. The van der Waals surface area contributed by atoms with E-state index in [1.165, 1.54) is 24.9 Å². The first kappa shape index (κ1) is 16.8. The van der Waals surface area contributed by atoms with E-state index < -0.39 is 0 Å². The Kier molecular flexibility index (Phi) is 5.00. The number of amides is 1. The van der Waals surface area contributed by atoms with Crippen molar-refractivity contribution in [1.29, 1.82) is 0 Å². The van der Waals surface area contributed by atoms with Crippen LogP contribution in [-0.2, 0) is 0 Å². The molecule has 3 heterocycles. The maximum absolute atomic E-state index is 12.3. The van der Waals surface area contributed by atoms with Gasteiger partial charge in [0.05, 0.1) is 5.56 Å². The molecule has 136 valence electrons. The molecule has 1 aromatic carbocycles. The Morgan fingerprint density at radius 1 is 0.846 bits per heavy atom. The Morgan fingerprint density at radius 2 is 1.46 bits per heavy atom. The van der Waals surface area contributed by atoms with Crippen LogP contribution in [0.3, 0.4) is 0 Å². The Morgan fingerprint density at radius 3 is 2.12 bits per heavy atom. The van der Waals surface area contributed by atoms with Gasteiger partial charge in [0.25, 0.3) is 5.91 Å². The zero-order valence-corrected chi connectivity index (χ0v) is 15.0. The predicted molar refractivity (Wildman–Crippen MR) is 103 cm³/mol.